The molecule has 0 aliphatic carbocycles. The van der Waals surface area contributed by atoms with E-state index in [1.165, 1.54) is 5.56 Å². The van der Waals surface area contributed by atoms with Crippen LogP contribution >= 0.6 is 15.9 Å². The maximum atomic E-state index is 5.61. The number of ether oxygens (including phenoxy) is 2. The Balaban J connectivity index is 2.38. The maximum absolute atomic E-state index is 5.61. The molecule has 0 aliphatic rings. The number of benzene rings is 1. The van der Waals surface area contributed by atoms with Gasteiger partial charge in [0.05, 0.1) is 11.1 Å². The topological polar surface area (TPSA) is 44.5 Å². The van der Waals surface area contributed by atoms with E-state index in [1.54, 1.807) is 0 Å². The van der Waals surface area contributed by atoms with Crippen molar-refractivity contribution in [2.45, 2.75) is 19.8 Å². The molecule has 17 heavy (non-hydrogen) atoms. The SMILES string of the molecule is CCCOCCOc1ccc(CCN)cc1Br. The van der Waals surface area contributed by atoms with Crippen LogP contribution in [0, 0.1) is 0 Å². The average Bonchev–Trinajstić information content (AvgIpc) is 2.32. The number of rotatable bonds is 8. The van der Waals surface area contributed by atoms with Crippen molar-refractivity contribution in [3.63, 3.8) is 0 Å². The monoisotopic (exact) mass is 301 g/mol. The fourth-order valence-corrected chi connectivity index (χ4v) is 1.98. The first-order valence-electron chi connectivity index (χ1n) is 5.97. The van der Waals surface area contributed by atoms with Gasteiger partial charge in [-0.05, 0) is 53.0 Å². The highest BCUT2D eigenvalue weighted by molar-refractivity contribution is 9.10. The standard InChI is InChI=1S/C13H20BrNO2/c1-2-7-16-8-9-17-13-4-3-11(5-6-15)10-12(13)14/h3-4,10H,2,5-9,15H2,1H3. The van der Waals surface area contributed by atoms with Crippen molar-refractivity contribution in [1.29, 1.82) is 0 Å². The molecule has 0 atom stereocenters. The quantitative estimate of drug-likeness (QED) is 0.751. The molecule has 96 valence electrons. The van der Waals surface area contributed by atoms with Gasteiger partial charge in [0.2, 0.25) is 0 Å². The van der Waals surface area contributed by atoms with Crippen LogP contribution in [0.5, 0.6) is 5.75 Å². The summed E-state index contributed by atoms with van der Waals surface area (Å²) in [6.45, 7) is 4.75. The molecule has 1 aromatic carbocycles. The van der Waals surface area contributed by atoms with Crippen LogP contribution < -0.4 is 10.5 Å². The highest BCUT2D eigenvalue weighted by Crippen LogP contribution is 2.26. The lowest BCUT2D eigenvalue weighted by Crippen LogP contribution is -2.07. The Bertz CT molecular complexity index is 331. The number of hydrogen-bond donors (Lipinski definition) is 1. The molecule has 0 amide bonds. The normalized spacial score (nSPS) is 10.5. The summed E-state index contributed by atoms with van der Waals surface area (Å²) in [5.74, 6) is 0.853. The van der Waals surface area contributed by atoms with E-state index in [-0.39, 0.29) is 0 Å². The van der Waals surface area contributed by atoms with Crippen molar-refractivity contribution in [1.82, 2.24) is 0 Å². The molecule has 1 aromatic rings. The Kier molecular flexibility index (Phi) is 7.24. The minimum atomic E-state index is 0.578. The molecule has 3 nitrogen and oxygen atoms in total. The Morgan fingerprint density at radius 2 is 2.06 bits per heavy atom. The summed E-state index contributed by atoms with van der Waals surface area (Å²) in [6, 6.07) is 6.06. The van der Waals surface area contributed by atoms with Gasteiger partial charge in [-0.15, -0.1) is 0 Å². The fourth-order valence-electron chi connectivity index (χ4n) is 1.44. The maximum Gasteiger partial charge on any atom is 0.133 e. The fraction of sp³-hybridized carbons (Fsp3) is 0.538. The molecule has 2 N–H and O–H groups in total. The van der Waals surface area contributed by atoms with Crippen molar-refractivity contribution < 1.29 is 9.47 Å². The zero-order valence-electron chi connectivity index (χ0n) is 10.2. The molecule has 0 heterocycles. The Morgan fingerprint density at radius 3 is 2.71 bits per heavy atom. The van der Waals surface area contributed by atoms with Gasteiger partial charge in [0, 0.05) is 6.61 Å². The van der Waals surface area contributed by atoms with Crippen LogP contribution in [0.2, 0.25) is 0 Å². The first-order valence-corrected chi connectivity index (χ1v) is 6.76. The van der Waals surface area contributed by atoms with Crippen LogP contribution in [0.1, 0.15) is 18.9 Å². The summed E-state index contributed by atoms with van der Waals surface area (Å²) in [5, 5.41) is 0. The molecule has 0 saturated heterocycles. The van der Waals surface area contributed by atoms with E-state index >= 15 is 0 Å². The van der Waals surface area contributed by atoms with E-state index in [0.29, 0.717) is 19.8 Å². The van der Waals surface area contributed by atoms with Gasteiger partial charge < -0.3 is 15.2 Å². The van der Waals surface area contributed by atoms with Gasteiger partial charge in [0.25, 0.3) is 0 Å². The van der Waals surface area contributed by atoms with Crippen molar-refractivity contribution in [2.24, 2.45) is 5.73 Å². The molecule has 4 heteroatoms. The molecule has 0 radical (unpaired) electrons. The van der Waals surface area contributed by atoms with Crippen molar-refractivity contribution >= 4 is 15.9 Å². The smallest absolute Gasteiger partial charge is 0.133 e. The number of hydrogen-bond acceptors (Lipinski definition) is 3. The van der Waals surface area contributed by atoms with Gasteiger partial charge in [-0.2, -0.15) is 0 Å². The van der Waals surface area contributed by atoms with Crippen molar-refractivity contribution in [3.8, 4) is 5.75 Å². The largest absolute Gasteiger partial charge is 0.490 e. The Morgan fingerprint density at radius 1 is 1.24 bits per heavy atom. The van der Waals surface area contributed by atoms with Gasteiger partial charge in [0.15, 0.2) is 0 Å². The van der Waals surface area contributed by atoms with E-state index in [2.05, 4.69) is 28.9 Å². The van der Waals surface area contributed by atoms with Crippen LogP contribution in [0.25, 0.3) is 0 Å². The molecule has 1 rings (SSSR count). The summed E-state index contributed by atoms with van der Waals surface area (Å²) in [5.41, 5.74) is 6.73. The van der Waals surface area contributed by atoms with Crippen LogP contribution in [-0.4, -0.2) is 26.4 Å². The van der Waals surface area contributed by atoms with Gasteiger partial charge >= 0.3 is 0 Å². The summed E-state index contributed by atoms with van der Waals surface area (Å²) in [4.78, 5) is 0. The molecule has 0 aromatic heterocycles. The second kappa shape index (κ2) is 8.50. The summed E-state index contributed by atoms with van der Waals surface area (Å²) in [7, 11) is 0. The second-order valence-corrected chi connectivity index (χ2v) is 4.62. The lowest BCUT2D eigenvalue weighted by molar-refractivity contribution is 0.100. The highest BCUT2D eigenvalue weighted by atomic mass is 79.9. The minimum Gasteiger partial charge on any atom is -0.490 e. The number of halogens is 1. The van der Waals surface area contributed by atoms with Crippen molar-refractivity contribution in [3.05, 3.63) is 28.2 Å². The minimum absolute atomic E-state index is 0.578. The van der Waals surface area contributed by atoms with E-state index < -0.39 is 0 Å². The Hall–Kier alpha value is -0.580. The first-order chi connectivity index (χ1) is 8.27. The third-order valence-corrected chi connectivity index (χ3v) is 2.88. The highest BCUT2D eigenvalue weighted by Gasteiger charge is 2.02. The van der Waals surface area contributed by atoms with Gasteiger partial charge in [-0.3, -0.25) is 0 Å². The molecule has 0 unspecified atom stereocenters. The van der Waals surface area contributed by atoms with Crippen LogP contribution in [0.3, 0.4) is 0 Å². The van der Waals surface area contributed by atoms with Crippen LogP contribution in [0.4, 0.5) is 0 Å². The number of nitrogens with two attached hydrogens (primary N) is 1. The van der Waals surface area contributed by atoms with Crippen LogP contribution in [-0.2, 0) is 11.2 Å². The Labute approximate surface area is 111 Å². The lowest BCUT2D eigenvalue weighted by atomic mass is 10.1. The third-order valence-electron chi connectivity index (χ3n) is 2.26. The predicted octanol–water partition coefficient (Wildman–Crippen LogP) is 2.76. The van der Waals surface area contributed by atoms with Gasteiger partial charge in [-0.25, -0.2) is 0 Å². The molecule has 0 spiro atoms. The van der Waals surface area contributed by atoms with E-state index in [4.69, 9.17) is 15.2 Å². The zero-order chi connectivity index (χ0) is 12.5. The molecular formula is C13H20BrNO2. The van der Waals surface area contributed by atoms with Gasteiger partial charge in [0.1, 0.15) is 12.4 Å². The summed E-state index contributed by atoms with van der Waals surface area (Å²) in [6.07, 6.45) is 1.93. The summed E-state index contributed by atoms with van der Waals surface area (Å²) >= 11 is 3.49. The molecule has 0 fully saturated rings. The van der Waals surface area contributed by atoms with E-state index in [1.807, 2.05) is 12.1 Å². The van der Waals surface area contributed by atoms with Crippen LogP contribution in [0.15, 0.2) is 22.7 Å². The molecule has 0 aliphatic heterocycles. The molecule has 0 saturated carbocycles. The average molecular weight is 302 g/mol. The predicted molar refractivity (Wildman–Crippen MR) is 73.5 cm³/mol. The van der Waals surface area contributed by atoms with E-state index in [0.717, 1.165) is 29.7 Å². The second-order valence-electron chi connectivity index (χ2n) is 3.76. The lowest BCUT2D eigenvalue weighted by Gasteiger charge is -2.09. The van der Waals surface area contributed by atoms with E-state index in [9.17, 15) is 0 Å². The zero-order valence-corrected chi connectivity index (χ0v) is 11.8. The molecular weight excluding hydrogens is 282 g/mol. The van der Waals surface area contributed by atoms with Gasteiger partial charge in [-0.1, -0.05) is 13.0 Å². The summed E-state index contributed by atoms with van der Waals surface area (Å²) < 4.78 is 11.9. The third kappa shape index (κ3) is 5.52. The van der Waals surface area contributed by atoms with Crippen molar-refractivity contribution in [2.75, 3.05) is 26.4 Å². The first kappa shape index (κ1) is 14.5. The molecule has 0 bridgehead atoms.